The third kappa shape index (κ3) is 5.21. The zero-order chi connectivity index (χ0) is 54.4. The third-order valence-electron chi connectivity index (χ3n) is 9.38. The van der Waals surface area contributed by atoms with Gasteiger partial charge in [0, 0.05) is 38.4 Å². The minimum Gasteiger partial charge on any atom is -0.307 e. The van der Waals surface area contributed by atoms with Gasteiger partial charge in [-0.05, 0) is 46.4 Å². The number of hydrogen-bond acceptors (Lipinski definition) is 3. The summed E-state index contributed by atoms with van der Waals surface area (Å²) in [6.07, 6.45) is 0. The van der Waals surface area contributed by atoms with E-state index in [0.29, 0.717) is 17.2 Å². The minimum absolute atomic E-state index is 0.0300. The lowest BCUT2D eigenvalue weighted by molar-refractivity contribution is 0.953. The van der Waals surface area contributed by atoms with Gasteiger partial charge in [0.25, 0.3) is 0 Å². The highest BCUT2D eigenvalue weighted by molar-refractivity contribution is 6.23. The Labute approximate surface area is 351 Å². The van der Waals surface area contributed by atoms with Crippen molar-refractivity contribution in [2.24, 2.45) is 0 Å². The first-order valence-electron chi connectivity index (χ1n) is 27.2. The maximum atomic E-state index is 9.86. The van der Waals surface area contributed by atoms with Crippen molar-refractivity contribution in [3.05, 3.63) is 200 Å². The molecule has 0 saturated heterocycles. The Balaban J connectivity index is 1.39. The van der Waals surface area contributed by atoms with Crippen LogP contribution in [0.15, 0.2) is 200 Å². The molecule has 3 aromatic heterocycles. The first-order chi connectivity index (χ1) is 36.1. The quantitative estimate of drug-likeness (QED) is 0.171. The van der Waals surface area contributed by atoms with E-state index in [2.05, 4.69) is 0 Å². The summed E-state index contributed by atoms with van der Waals surface area (Å²) in [5.41, 5.74) is -1.29. The van der Waals surface area contributed by atoms with Crippen LogP contribution >= 0.6 is 0 Å². The highest BCUT2D eigenvalue weighted by Crippen LogP contribution is 2.42. The van der Waals surface area contributed by atoms with Crippen LogP contribution in [0.25, 0.3) is 100 Å². The van der Waals surface area contributed by atoms with E-state index in [4.69, 9.17) is 31.4 Å². The predicted octanol–water partition coefficient (Wildman–Crippen LogP) is 12.7. The molecule has 0 spiro atoms. The van der Waals surface area contributed by atoms with Gasteiger partial charge >= 0.3 is 0 Å². The number of nitrogens with zero attached hydrogens (tertiary/aromatic N) is 5. The van der Waals surface area contributed by atoms with Crippen molar-refractivity contribution in [3.8, 4) is 56.7 Å². The average Bonchev–Trinajstić information content (AvgIpc) is 3.98. The molecule has 0 N–H and O–H groups in total. The van der Waals surface area contributed by atoms with E-state index in [1.165, 1.54) is 4.57 Å². The predicted molar refractivity (Wildman–Crippen MR) is 230 cm³/mol. The Morgan fingerprint density at radius 3 is 1.59 bits per heavy atom. The Morgan fingerprint density at radius 1 is 0.357 bits per heavy atom. The summed E-state index contributed by atoms with van der Waals surface area (Å²) >= 11 is 0. The fourth-order valence-electron chi connectivity index (χ4n) is 6.88. The monoisotopic (exact) mass is 735 g/mol. The zero-order valence-corrected chi connectivity index (χ0v) is 28.7. The van der Waals surface area contributed by atoms with Gasteiger partial charge in [0.1, 0.15) is 0 Å². The third-order valence-corrected chi connectivity index (χ3v) is 9.38. The lowest BCUT2D eigenvalue weighted by Gasteiger charge is -2.14. The molecule has 0 unspecified atom stereocenters. The summed E-state index contributed by atoms with van der Waals surface area (Å²) in [5, 5.41) is -1.52. The van der Waals surface area contributed by atoms with Crippen molar-refractivity contribution in [1.29, 1.82) is 0 Å². The molecule has 0 bridgehead atoms. The molecule has 0 radical (unpaired) electrons. The van der Waals surface area contributed by atoms with Gasteiger partial charge in [-0.1, -0.05) is 176 Å². The lowest BCUT2D eigenvalue weighted by atomic mass is 10.0. The molecule has 56 heavy (non-hydrogen) atoms. The second-order valence-electron chi connectivity index (χ2n) is 12.6. The minimum atomic E-state index is -0.947. The molecule has 3 heterocycles. The molecule has 0 aliphatic heterocycles. The topological polar surface area (TPSA) is 48.5 Å². The number of para-hydroxylation sites is 2. The first-order valence-corrected chi connectivity index (χ1v) is 17.2. The van der Waals surface area contributed by atoms with Crippen LogP contribution in [0.1, 0.15) is 27.4 Å². The van der Waals surface area contributed by atoms with Gasteiger partial charge in [-0.2, -0.15) is 9.97 Å². The maximum absolute atomic E-state index is 9.86. The van der Waals surface area contributed by atoms with E-state index in [1.807, 2.05) is 0 Å². The normalized spacial score (nSPS) is 16.6. The largest absolute Gasteiger partial charge is 0.307 e. The van der Waals surface area contributed by atoms with Crippen LogP contribution in [0.2, 0.25) is 0 Å². The smallest absolute Gasteiger partial charge is 0.238 e. The molecule has 262 valence electrons. The van der Waals surface area contributed by atoms with Gasteiger partial charge in [-0.3, -0.25) is 4.57 Å². The van der Waals surface area contributed by atoms with Crippen LogP contribution in [0.3, 0.4) is 0 Å². The SMILES string of the molecule is [2H]c1ccc(-c2ccc(-c3nc(-c4ccccc4)nc(-n4c5c([2H])c([2H])c([2H])c([2H])c5c5c([2H])c([2H])c6c7c([2H])c([2H])c([2H])c([2H])c7n(-c7c([2H])c([2H])c([2H])c(-c8c([2H])c([2H])c([2H])c([2H])c8[2H])c7[2H])c6c54)n3)cc2)cc1. The molecular formula is C51H33N5. The van der Waals surface area contributed by atoms with Gasteiger partial charge in [0.05, 0.1) is 49.5 Å². The Morgan fingerprint density at radius 2 is 0.893 bits per heavy atom. The molecule has 0 aliphatic rings. The summed E-state index contributed by atoms with van der Waals surface area (Å²) < 4.78 is 183. The highest BCUT2D eigenvalue weighted by Gasteiger charge is 2.23. The Kier molecular flexibility index (Phi) is 4.12. The van der Waals surface area contributed by atoms with E-state index in [-0.39, 0.29) is 39.4 Å². The van der Waals surface area contributed by atoms with Crippen LogP contribution < -0.4 is 0 Å². The summed E-state index contributed by atoms with van der Waals surface area (Å²) in [6.45, 7) is 0. The van der Waals surface area contributed by atoms with Crippen LogP contribution in [0, 0.1) is 0 Å². The van der Waals surface area contributed by atoms with Crippen molar-refractivity contribution in [1.82, 2.24) is 24.1 Å². The molecule has 0 fully saturated rings. The fraction of sp³-hybridized carbons (Fsp3) is 0. The second kappa shape index (κ2) is 13.0. The number of aromatic nitrogens is 5. The maximum Gasteiger partial charge on any atom is 0.238 e. The summed E-state index contributed by atoms with van der Waals surface area (Å²) in [7, 11) is 0. The van der Waals surface area contributed by atoms with Crippen LogP contribution in [-0.4, -0.2) is 24.1 Å². The molecular weight excluding hydrogens is 683 g/mol. The number of fused-ring (bicyclic) bond motifs is 7. The molecule has 8 aromatic carbocycles. The van der Waals surface area contributed by atoms with Crippen LogP contribution in [0.5, 0.6) is 0 Å². The van der Waals surface area contributed by atoms with E-state index >= 15 is 0 Å². The Bertz CT molecular complexity index is 4360. The molecule has 0 aliphatic carbocycles. The molecule has 11 rings (SSSR count). The van der Waals surface area contributed by atoms with Crippen LogP contribution in [0.4, 0.5) is 0 Å². The van der Waals surface area contributed by atoms with Crippen molar-refractivity contribution >= 4 is 43.6 Å². The van der Waals surface area contributed by atoms with E-state index in [1.54, 1.807) is 78.9 Å². The van der Waals surface area contributed by atoms with E-state index < -0.39 is 153 Å². The van der Waals surface area contributed by atoms with Crippen molar-refractivity contribution in [3.63, 3.8) is 0 Å². The fourth-order valence-corrected chi connectivity index (χ4v) is 6.88. The van der Waals surface area contributed by atoms with Crippen LogP contribution in [-0.2, 0) is 0 Å². The second-order valence-corrected chi connectivity index (χ2v) is 12.6. The molecule has 5 heteroatoms. The van der Waals surface area contributed by atoms with E-state index in [9.17, 15) is 11.0 Å². The van der Waals surface area contributed by atoms with Gasteiger partial charge in [0.2, 0.25) is 5.95 Å². The van der Waals surface area contributed by atoms with E-state index in [0.717, 1.165) is 15.7 Å². The van der Waals surface area contributed by atoms with Crippen molar-refractivity contribution in [2.45, 2.75) is 0 Å². The molecule has 0 amide bonds. The van der Waals surface area contributed by atoms with Gasteiger partial charge in [0.15, 0.2) is 11.6 Å². The zero-order valence-electron chi connectivity index (χ0n) is 48.7. The lowest BCUT2D eigenvalue weighted by Crippen LogP contribution is -2.07. The van der Waals surface area contributed by atoms with Gasteiger partial charge in [-0.25, -0.2) is 4.98 Å². The first kappa shape index (κ1) is 17.7. The van der Waals surface area contributed by atoms with Gasteiger partial charge in [-0.15, -0.1) is 0 Å². The van der Waals surface area contributed by atoms with Crippen molar-refractivity contribution < 1.29 is 27.4 Å². The highest BCUT2D eigenvalue weighted by atomic mass is 15.2. The number of rotatable bonds is 6. The Hall–Kier alpha value is -7.63. The molecule has 0 saturated carbocycles. The summed E-state index contributed by atoms with van der Waals surface area (Å²) in [4.78, 5) is 14.7. The standard InChI is InChI=1S/C51H33N5/c1-4-15-34(16-5-1)36-27-29-38(30-28-36)50-52-49(37-19-8-3-9-20-37)53-51(54-50)56-46-26-13-11-24-42(46)44-32-31-43-41-23-10-12-25-45(41)55(47(43)48(44)56)40-22-14-21-39(33-40)35-17-6-2-7-18-35/h1-33H/i1D,2D,6D,7D,10D,11D,12D,13D,14D,17D,18D,21D,22D,23D,24D,25D,26D,31D,32D,33D. The molecule has 11 aromatic rings. The van der Waals surface area contributed by atoms with Gasteiger partial charge < -0.3 is 4.57 Å². The molecule has 5 nitrogen and oxygen atoms in total. The number of benzene rings is 8. The van der Waals surface area contributed by atoms with Crippen molar-refractivity contribution in [2.75, 3.05) is 0 Å². The average molecular weight is 736 g/mol. The molecule has 0 atom stereocenters. The summed E-state index contributed by atoms with van der Waals surface area (Å²) in [5.74, 6) is -0.276. The summed E-state index contributed by atoms with van der Waals surface area (Å²) in [6, 6.07) is 7.53. The number of hydrogen-bond donors (Lipinski definition) is 0.